The van der Waals surface area contributed by atoms with Crippen LogP contribution in [0, 0.1) is 9.85 Å². The Bertz CT molecular complexity index is 672. The van der Waals surface area contributed by atoms with Gasteiger partial charge in [0.1, 0.15) is 23.9 Å². The van der Waals surface area contributed by atoms with Crippen molar-refractivity contribution in [3.05, 3.63) is 32.6 Å². The molecule has 1 aliphatic rings. The van der Waals surface area contributed by atoms with E-state index in [2.05, 4.69) is 9.85 Å². The van der Waals surface area contributed by atoms with E-state index in [-0.39, 0.29) is 5.56 Å². The van der Waals surface area contributed by atoms with Gasteiger partial charge in [-0.05, 0) is 9.85 Å². The Morgan fingerprint density at radius 2 is 2.10 bits per heavy atom. The second kappa shape index (κ2) is 6.06. The minimum Gasteiger partial charge on any atom is -0.394 e. The maximum Gasteiger partial charge on any atom is 0.330 e. The number of aromatic nitrogens is 2. The van der Waals surface area contributed by atoms with Crippen molar-refractivity contribution in [3.8, 4) is 9.85 Å². The average Bonchev–Trinajstić information content (AvgIpc) is 2.70. The van der Waals surface area contributed by atoms with Gasteiger partial charge in [0.15, 0.2) is 6.23 Å². The summed E-state index contributed by atoms with van der Waals surface area (Å²) in [6, 6.07) is 0. The van der Waals surface area contributed by atoms with Crippen molar-refractivity contribution in [1.82, 2.24) is 9.55 Å². The number of nitrogens with zero attached hydrogens (tertiary/aromatic N) is 1. The fourth-order valence-electron chi connectivity index (χ4n) is 1.92. The molecule has 4 atom stereocenters. The summed E-state index contributed by atoms with van der Waals surface area (Å²) in [6.45, 7) is -0.507. The third-order valence-corrected chi connectivity index (χ3v) is 3.21. The fourth-order valence-corrected chi connectivity index (χ4v) is 2.21. The number of H-pyrrole nitrogens is 1. The van der Waals surface area contributed by atoms with Crippen molar-refractivity contribution in [2.24, 2.45) is 0 Å². The predicted octanol–water partition coefficient (Wildman–Crippen LogP) is -2.11. The van der Waals surface area contributed by atoms with Gasteiger partial charge in [-0.2, -0.15) is 0 Å². The molecule has 20 heavy (non-hydrogen) atoms. The number of ether oxygens (including phenoxy) is 1. The number of nitrogens with one attached hydrogen (secondary N) is 1. The number of hydrogen-bond acceptors (Lipinski definition) is 6. The summed E-state index contributed by atoms with van der Waals surface area (Å²) in [4.78, 5) is 25.3. The van der Waals surface area contributed by atoms with Gasteiger partial charge in [-0.3, -0.25) is 14.3 Å². The summed E-state index contributed by atoms with van der Waals surface area (Å²) in [7, 11) is 0. The van der Waals surface area contributed by atoms with Crippen LogP contribution in [0.15, 0.2) is 15.8 Å². The highest BCUT2D eigenvalue weighted by Gasteiger charge is 2.43. The molecule has 0 saturated carbocycles. The molecular formula is C11H11IN2O6. The van der Waals surface area contributed by atoms with E-state index in [1.54, 1.807) is 22.6 Å². The van der Waals surface area contributed by atoms with E-state index < -0.39 is 42.4 Å². The highest BCUT2D eigenvalue weighted by Crippen LogP contribution is 2.27. The summed E-state index contributed by atoms with van der Waals surface area (Å²) >= 11 is 1.74. The topological polar surface area (TPSA) is 125 Å². The molecule has 0 unspecified atom stereocenters. The first-order chi connectivity index (χ1) is 9.49. The molecule has 2 heterocycles. The van der Waals surface area contributed by atoms with E-state index in [0.29, 0.717) is 0 Å². The Morgan fingerprint density at radius 1 is 1.40 bits per heavy atom. The van der Waals surface area contributed by atoms with Gasteiger partial charge in [0, 0.05) is 28.8 Å². The molecule has 1 aromatic rings. The molecule has 9 heteroatoms. The van der Waals surface area contributed by atoms with E-state index in [0.717, 1.165) is 10.8 Å². The van der Waals surface area contributed by atoms with Crippen molar-refractivity contribution in [3.63, 3.8) is 0 Å². The van der Waals surface area contributed by atoms with Gasteiger partial charge in [0.2, 0.25) is 0 Å². The molecular weight excluding hydrogens is 383 g/mol. The van der Waals surface area contributed by atoms with E-state index in [4.69, 9.17) is 9.84 Å². The molecule has 0 spiro atoms. The predicted molar refractivity (Wildman–Crippen MR) is 75.2 cm³/mol. The zero-order valence-corrected chi connectivity index (χ0v) is 12.1. The molecule has 1 aromatic heterocycles. The van der Waals surface area contributed by atoms with Crippen LogP contribution in [0.1, 0.15) is 11.8 Å². The van der Waals surface area contributed by atoms with Crippen LogP contribution >= 0.6 is 22.6 Å². The van der Waals surface area contributed by atoms with Crippen LogP contribution in [0.25, 0.3) is 0 Å². The van der Waals surface area contributed by atoms with Crippen LogP contribution in [0.3, 0.4) is 0 Å². The van der Waals surface area contributed by atoms with Crippen molar-refractivity contribution in [2.45, 2.75) is 24.5 Å². The van der Waals surface area contributed by atoms with Crippen molar-refractivity contribution < 1.29 is 20.1 Å². The molecule has 2 rings (SSSR count). The molecule has 0 amide bonds. The molecule has 108 valence electrons. The van der Waals surface area contributed by atoms with E-state index >= 15 is 0 Å². The van der Waals surface area contributed by atoms with E-state index in [9.17, 15) is 19.8 Å². The maximum absolute atomic E-state index is 11.8. The van der Waals surface area contributed by atoms with Gasteiger partial charge in [-0.1, -0.05) is 0 Å². The summed E-state index contributed by atoms with van der Waals surface area (Å²) in [5, 5.41) is 28.5. The normalized spacial score (nSPS) is 29.0. The van der Waals surface area contributed by atoms with Crippen molar-refractivity contribution in [2.75, 3.05) is 6.61 Å². The Kier molecular flexibility index (Phi) is 4.61. The molecule has 4 N–H and O–H groups in total. The molecule has 1 fully saturated rings. The Morgan fingerprint density at radius 3 is 2.65 bits per heavy atom. The molecule has 1 saturated heterocycles. The third kappa shape index (κ3) is 2.65. The van der Waals surface area contributed by atoms with Crippen LogP contribution in [0.2, 0.25) is 0 Å². The van der Waals surface area contributed by atoms with Crippen LogP contribution in [-0.4, -0.2) is 49.8 Å². The molecule has 0 aromatic carbocycles. The minimum atomic E-state index is -1.41. The second-order valence-corrected chi connectivity index (χ2v) is 4.70. The van der Waals surface area contributed by atoms with Gasteiger partial charge in [-0.15, -0.1) is 0 Å². The number of aromatic amines is 1. The third-order valence-electron chi connectivity index (χ3n) is 2.94. The number of aliphatic hydroxyl groups is 3. The lowest BCUT2D eigenvalue weighted by atomic mass is 10.1. The molecule has 0 aliphatic carbocycles. The smallest absolute Gasteiger partial charge is 0.330 e. The molecule has 0 bridgehead atoms. The highest BCUT2D eigenvalue weighted by atomic mass is 127. The summed E-state index contributed by atoms with van der Waals surface area (Å²) in [6.07, 6.45) is -3.80. The Hall–Kier alpha value is -1.19. The quantitative estimate of drug-likeness (QED) is 0.336. The van der Waals surface area contributed by atoms with Gasteiger partial charge < -0.3 is 20.1 Å². The molecule has 1 aliphatic heterocycles. The number of aliphatic hydroxyl groups excluding tert-OH is 3. The van der Waals surface area contributed by atoms with Crippen molar-refractivity contribution >= 4 is 22.6 Å². The lowest BCUT2D eigenvalue weighted by molar-refractivity contribution is -0.0550. The van der Waals surface area contributed by atoms with Crippen LogP contribution < -0.4 is 11.2 Å². The minimum absolute atomic E-state index is 0.0248. The summed E-state index contributed by atoms with van der Waals surface area (Å²) in [5.74, 6) is 2.50. The van der Waals surface area contributed by atoms with Crippen LogP contribution in [0.5, 0.6) is 0 Å². The number of halogens is 1. The SMILES string of the molecule is O=c1[nH]c(=O)n([C@H]2O[C@H](CO)[C@@H](O)[C@H]2O)cc1C#CI. The largest absolute Gasteiger partial charge is 0.394 e. The Balaban J connectivity index is 2.47. The van der Waals surface area contributed by atoms with Gasteiger partial charge in [-0.25, -0.2) is 4.79 Å². The van der Waals surface area contributed by atoms with Crippen LogP contribution in [-0.2, 0) is 4.74 Å². The first-order valence-corrected chi connectivity index (χ1v) is 6.67. The molecule has 8 nitrogen and oxygen atoms in total. The zero-order valence-electron chi connectivity index (χ0n) is 9.99. The summed E-state index contributed by atoms with van der Waals surface area (Å²) in [5.41, 5.74) is -1.43. The van der Waals surface area contributed by atoms with E-state index in [1.165, 1.54) is 0 Å². The van der Waals surface area contributed by atoms with Gasteiger partial charge in [0.05, 0.1) is 6.61 Å². The summed E-state index contributed by atoms with van der Waals surface area (Å²) < 4.78 is 8.64. The van der Waals surface area contributed by atoms with Crippen LogP contribution in [0.4, 0.5) is 0 Å². The highest BCUT2D eigenvalue weighted by molar-refractivity contribution is 14.1. The first kappa shape index (κ1) is 15.2. The lowest BCUT2D eigenvalue weighted by Gasteiger charge is -2.17. The standard InChI is InChI=1S/C11H11IN2O6/c12-2-1-5-3-14(11(19)13-9(5)18)10-8(17)7(16)6(4-15)20-10/h3,6-8,10,15-17H,4H2,(H,13,18,19)/t6-,7-,8-,10+/m1/s1. The van der Waals surface area contributed by atoms with Gasteiger partial charge in [0.25, 0.3) is 5.56 Å². The maximum atomic E-state index is 11.8. The zero-order chi connectivity index (χ0) is 14.9. The average molecular weight is 394 g/mol. The lowest BCUT2D eigenvalue weighted by Crippen LogP contribution is -2.38. The monoisotopic (exact) mass is 394 g/mol. The Labute approximate surface area is 126 Å². The van der Waals surface area contributed by atoms with E-state index in [1.807, 2.05) is 4.98 Å². The second-order valence-electron chi connectivity index (χ2n) is 4.16. The van der Waals surface area contributed by atoms with Gasteiger partial charge >= 0.3 is 5.69 Å². The molecule has 0 radical (unpaired) electrons. The number of rotatable bonds is 2. The number of hydrogen-bond donors (Lipinski definition) is 4. The fraction of sp³-hybridized carbons (Fsp3) is 0.455. The first-order valence-electron chi connectivity index (χ1n) is 5.59. The van der Waals surface area contributed by atoms with Crippen molar-refractivity contribution in [1.29, 1.82) is 0 Å².